The molecule has 0 heterocycles. The average molecular weight is 156 g/mol. The second-order valence-electron chi connectivity index (χ2n) is 3.53. The Morgan fingerprint density at radius 1 is 1.82 bits per heavy atom. The summed E-state index contributed by atoms with van der Waals surface area (Å²) >= 11 is 0. The molecular formula is C8H16N2O. The van der Waals surface area contributed by atoms with Gasteiger partial charge in [-0.3, -0.25) is 4.79 Å². The lowest BCUT2D eigenvalue weighted by Gasteiger charge is -2.07. The highest BCUT2D eigenvalue weighted by atomic mass is 16.1. The summed E-state index contributed by atoms with van der Waals surface area (Å²) in [5, 5.41) is 3.29. The third kappa shape index (κ3) is 2.50. The van der Waals surface area contributed by atoms with E-state index < -0.39 is 0 Å². The zero-order chi connectivity index (χ0) is 8.43. The highest BCUT2D eigenvalue weighted by Crippen LogP contribution is 2.28. The lowest BCUT2D eigenvalue weighted by atomic mass is 10.2. The van der Waals surface area contributed by atoms with Crippen LogP contribution in [0.25, 0.3) is 0 Å². The third-order valence-electron chi connectivity index (χ3n) is 2.28. The molecule has 3 nitrogen and oxygen atoms in total. The summed E-state index contributed by atoms with van der Waals surface area (Å²) in [6.45, 7) is 4.78. The predicted octanol–water partition coefficient (Wildman–Crippen LogP) is 0.106. The van der Waals surface area contributed by atoms with Gasteiger partial charge in [0.25, 0.3) is 0 Å². The fourth-order valence-electron chi connectivity index (χ4n) is 1.04. The molecule has 3 N–H and O–H groups in total. The summed E-state index contributed by atoms with van der Waals surface area (Å²) in [7, 11) is 0. The van der Waals surface area contributed by atoms with Gasteiger partial charge in [0.1, 0.15) is 0 Å². The smallest absolute Gasteiger partial charge is 0.221 e. The lowest BCUT2D eigenvalue weighted by Crippen LogP contribution is -2.32. The van der Waals surface area contributed by atoms with Crippen LogP contribution in [0.15, 0.2) is 0 Å². The van der Waals surface area contributed by atoms with Crippen LogP contribution in [0.5, 0.6) is 0 Å². The number of nitrogens with one attached hydrogen (secondary N) is 1. The number of hydrogen-bond acceptors (Lipinski definition) is 2. The van der Waals surface area contributed by atoms with E-state index in [1.165, 1.54) is 6.42 Å². The molecule has 0 aliphatic heterocycles. The van der Waals surface area contributed by atoms with E-state index >= 15 is 0 Å². The Bertz CT molecular complexity index is 158. The standard InChI is InChI=1S/C8H16N2O/c1-5-3-7(5)10-4-6(2)8(9)11/h5-7,10H,3-4H2,1-2H3,(H2,9,11). The summed E-state index contributed by atoms with van der Waals surface area (Å²) in [5.74, 6) is 0.531. The molecule has 0 radical (unpaired) electrons. The minimum Gasteiger partial charge on any atom is -0.369 e. The number of primary amides is 1. The van der Waals surface area contributed by atoms with E-state index in [-0.39, 0.29) is 11.8 Å². The van der Waals surface area contributed by atoms with Crippen molar-refractivity contribution in [2.24, 2.45) is 17.6 Å². The molecule has 0 aromatic rings. The summed E-state index contributed by atoms with van der Waals surface area (Å²) in [5.41, 5.74) is 5.10. The maximum Gasteiger partial charge on any atom is 0.221 e. The van der Waals surface area contributed by atoms with E-state index in [4.69, 9.17) is 5.73 Å². The van der Waals surface area contributed by atoms with Crippen molar-refractivity contribution < 1.29 is 4.79 Å². The van der Waals surface area contributed by atoms with E-state index in [0.717, 1.165) is 12.5 Å². The molecule has 1 fully saturated rings. The molecule has 3 unspecified atom stereocenters. The summed E-state index contributed by atoms with van der Waals surface area (Å²) in [6, 6.07) is 0.636. The number of amides is 1. The highest BCUT2D eigenvalue weighted by Gasteiger charge is 2.32. The molecule has 3 heteroatoms. The van der Waals surface area contributed by atoms with Gasteiger partial charge in [-0.1, -0.05) is 13.8 Å². The fourth-order valence-corrected chi connectivity index (χ4v) is 1.04. The Labute approximate surface area is 67.3 Å². The molecular weight excluding hydrogens is 140 g/mol. The first-order chi connectivity index (χ1) is 5.11. The Morgan fingerprint density at radius 3 is 2.73 bits per heavy atom. The number of carbonyl (C=O) groups is 1. The van der Waals surface area contributed by atoms with Crippen molar-refractivity contribution in [2.75, 3.05) is 6.54 Å². The van der Waals surface area contributed by atoms with Gasteiger partial charge >= 0.3 is 0 Å². The van der Waals surface area contributed by atoms with Crippen molar-refractivity contribution in [3.05, 3.63) is 0 Å². The summed E-state index contributed by atoms with van der Waals surface area (Å²) < 4.78 is 0. The first-order valence-corrected chi connectivity index (χ1v) is 4.14. The Morgan fingerprint density at radius 2 is 2.36 bits per heavy atom. The maximum absolute atomic E-state index is 10.6. The molecule has 11 heavy (non-hydrogen) atoms. The van der Waals surface area contributed by atoms with Gasteiger partial charge in [0.15, 0.2) is 0 Å². The van der Waals surface area contributed by atoms with Crippen LogP contribution in [-0.4, -0.2) is 18.5 Å². The molecule has 1 rings (SSSR count). The number of nitrogens with two attached hydrogens (primary N) is 1. The zero-order valence-electron chi connectivity index (χ0n) is 7.13. The molecule has 64 valence electrons. The Hall–Kier alpha value is -0.570. The molecule has 1 saturated carbocycles. The maximum atomic E-state index is 10.6. The monoisotopic (exact) mass is 156 g/mol. The van der Waals surface area contributed by atoms with E-state index in [2.05, 4.69) is 12.2 Å². The quantitative estimate of drug-likeness (QED) is 0.607. The van der Waals surface area contributed by atoms with Crippen LogP contribution in [0.4, 0.5) is 0 Å². The van der Waals surface area contributed by atoms with Crippen molar-refractivity contribution in [3.8, 4) is 0 Å². The van der Waals surface area contributed by atoms with Gasteiger partial charge in [0.2, 0.25) is 5.91 Å². The van der Waals surface area contributed by atoms with Gasteiger partial charge < -0.3 is 11.1 Å². The molecule has 1 aliphatic carbocycles. The van der Waals surface area contributed by atoms with Crippen LogP contribution >= 0.6 is 0 Å². The SMILES string of the molecule is CC(CNC1CC1C)C(N)=O. The summed E-state index contributed by atoms with van der Waals surface area (Å²) in [6.07, 6.45) is 1.24. The Balaban J connectivity index is 2.07. The molecule has 1 aliphatic rings. The number of carbonyl (C=O) groups excluding carboxylic acids is 1. The number of hydrogen-bond donors (Lipinski definition) is 2. The van der Waals surface area contributed by atoms with Crippen molar-refractivity contribution in [2.45, 2.75) is 26.3 Å². The van der Waals surface area contributed by atoms with Crippen molar-refractivity contribution in [1.82, 2.24) is 5.32 Å². The largest absolute Gasteiger partial charge is 0.369 e. The first-order valence-electron chi connectivity index (χ1n) is 4.14. The molecule has 0 saturated heterocycles. The van der Waals surface area contributed by atoms with Crippen LogP contribution in [0.1, 0.15) is 20.3 Å². The van der Waals surface area contributed by atoms with E-state index in [9.17, 15) is 4.79 Å². The minimum absolute atomic E-state index is 0.0391. The lowest BCUT2D eigenvalue weighted by molar-refractivity contribution is -0.121. The average Bonchev–Trinajstić information content (AvgIpc) is 2.61. The highest BCUT2D eigenvalue weighted by molar-refractivity contribution is 5.76. The molecule has 0 aromatic heterocycles. The van der Waals surface area contributed by atoms with Crippen LogP contribution in [-0.2, 0) is 4.79 Å². The van der Waals surface area contributed by atoms with Crippen LogP contribution in [0.3, 0.4) is 0 Å². The van der Waals surface area contributed by atoms with Gasteiger partial charge in [-0.15, -0.1) is 0 Å². The van der Waals surface area contributed by atoms with Gasteiger partial charge in [0, 0.05) is 18.5 Å². The van der Waals surface area contributed by atoms with Gasteiger partial charge in [-0.25, -0.2) is 0 Å². The second-order valence-corrected chi connectivity index (χ2v) is 3.53. The molecule has 0 spiro atoms. The summed E-state index contributed by atoms with van der Waals surface area (Å²) in [4.78, 5) is 10.6. The molecule has 3 atom stereocenters. The Kier molecular flexibility index (Phi) is 2.49. The van der Waals surface area contributed by atoms with E-state index in [0.29, 0.717) is 6.04 Å². The minimum atomic E-state index is -0.217. The van der Waals surface area contributed by atoms with Gasteiger partial charge in [-0.05, 0) is 12.3 Å². The second kappa shape index (κ2) is 3.22. The third-order valence-corrected chi connectivity index (χ3v) is 2.28. The molecule has 0 aromatic carbocycles. The van der Waals surface area contributed by atoms with Crippen molar-refractivity contribution >= 4 is 5.91 Å². The predicted molar refractivity (Wildman–Crippen MR) is 43.9 cm³/mol. The number of rotatable bonds is 4. The zero-order valence-corrected chi connectivity index (χ0v) is 7.13. The molecule has 1 amide bonds. The topological polar surface area (TPSA) is 55.1 Å². The van der Waals surface area contributed by atoms with E-state index in [1.54, 1.807) is 0 Å². The normalized spacial score (nSPS) is 31.5. The van der Waals surface area contributed by atoms with Gasteiger partial charge in [0.05, 0.1) is 0 Å². The van der Waals surface area contributed by atoms with Crippen LogP contribution < -0.4 is 11.1 Å². The van der Waals surface area contributed by atoms with Crippen molar-refractivity contribution in [1.29, 1.82) is 0 Å². The van der Waals surface area contributed by atoms with Crippen LogP contribution in [0, 0.1) is 11.8 Å². The van der Waals surface area contributed by atoms with Crippen molar-refractivity contribution in [3.63, 3.8) is 0 Å². The van der Waals surface area contributed by atoms with Crippen LogP contribution in [0.2, 0.25) is 0 Å². The van der Waals surface area contributed by atoms with E-state index in [1.807, 2.05) is 6.92 Å². The van der Waals surface area contributed by atoms with Gasteiger partial charge in [-0.2, -0.15) is 0 Å². The first kappa shape index (κ1) is 8.53. The fraction of sp³-hybridized carbons (Fsp3) is 0.875. The molecule has 0 bridgehead atoms.